The van der Waals surface area contributed by atoms with Crippen molar-refractivity contribution in [1.29, 1.82) is 0 Å². The van der Waals surface area contributed by atoms with Gasteiger partial charge in [-0.05, 0) is 19.3 Å². The molecule has 1 aliphatic heterocycles. The van der Waals surface area contributed by atoms with Gasteiger partial charge in [0.25, 0.3) is 5.91 Å². The third-order valence-corrected chi connectivity index (χ3v) is 3.62. The third kappa shape index (κ3) is 1.68. The lowest BCUT2D eigenvalue weighted by Gasteiger charge is -2.18. The number of hydrogen-bond acceptors (Lipinski definition) is 2. The molecule has 3 nitrogen and oxygen atoms in total. The van der Waals surface area contributed by atoms with Gasteiger partial charge in [-0.1, -0.05) is 26.2 Å². The zero-order valence-electron chi connectivity index (χ0n) is 9.75. The molecule has 0 aromatic heterocycles. The molecule has 1 spiro atoms. The molecule has 0 aromatic rings. The minimum Gasteiger partial charge on any atom is -0.302 e. The van der Waals surface area contributed by atoms with Crippen LogP contribution >= 0.6 is 0 Å². The first-order chi connectivity index (χ1) is 7.19. The largest absolute Gasteiger partial charge is 0.302 e. The van der Waals surface area contributed by atoms with Crippen LogP contribution in [0.5, 0.6) is 0 Å². The summed E-state index contributed by atoms with van der Waals surface area (Å²) in [5.74, 6) is 1.26. The van der Waals surface area contributed by atoms with Crippen LogP contribution in [-0.2, 0) is 4.79 Å². The number of unbranched alkanes of at least 4 members (excludes halogenated alkanes) is 1. The van der Waals surface area contributed by atoms with E-state index in [0.717, 1.165) is 50.8 Å². The number of nitrogens with zero attached hydrogens (tertiary/aromatic N) is 2. The van der Waals surface area contributed by atoms with E-state index in [2.05, 4.69) is 6.92 Å². The number of carbonyl (C=O) groups is 1. The SMILES string of the molecule is CCCCC1=NC2(CCCC2)C(=O)N1C. The van der Waals surface area contributed by atoms with Gasteiger partial charge in [-0.3, -0.25) is 9.79 Å². The summed E-state index contributed by atoms with van der Waals surface area (Å²) in [6, 6.07) is 0. The molecule has 2 aliphatic rings. The summed E-state index contributed by atoms with van der Waals surface area (Å²) in [4.78, 5) is 18.6. The fraction of sp³-hybridized carbons (Fsp3) is 0.833. The zero-order valence-corrected chi connectivity index (χ0v) is 9.75. The van der Waals surface area contributed by atoms with E-state index in [0.29, 0.717) is 0 Å². The molecule has 1 fully saturated rings. The van der Waals surface area contributed by atoms with Crippen molar-refractivity contribution in [3.63, 3.8) is 0 Å². The summed E-state index contributed by atoms with van der Waals surface area (Å²) in [5, 5.41) is 0. The average molecular weight is 208 g/mol. The summed E-state index contributed by atoms with van der Waals surface area (Å²) in [6.07, 6.45) is 7.49. The van der Waals surface area contributed by atoms with Gasteiger partial charge in [0, 0.05) is 13.5 Å². The number of hydrogen-bond donors (Lipinski definition) is 0. The first-order valence-corrected chi connectivity index (χ1v) is 6.06. The van der Waals surface area contributed by atoms with Gasteiger partial charge in [-0.15, -0.1) is 0 Å². The highest BCUT2D eigenvalue weighted by Crippen LogP contribution is 2.38. The van der Waals surface area contributed by atoms with Crippen LogP contribution in [0, 0.1) is 0 Å². The Morgan fingerprint density at radius 3 is 2.67 bits per heavy atom. The van der Waals surface area contributed by atoms with Gasteiger partial charge in [0.2, 0.25) is 0 Å². The molecular weight excluding hydrogens is 188 g/mol. The highest BCUT2D eigenvalue weighted by atomic mass is 16.2. The molecule has 1 aliphatic carbocycles. The Kier molecular flexibility index (Phi) is 2.81. The van der Waals surface area contributed by atoms with Crippen molar-refractivity contribution in [3.8, 4) is 0 Å². The Balaban J connectivity index is 2.14. The van der Waals surface area contributed by atoms with Crippen LogP contribution in [0.15, 0.2) is 4.99 Å². The quantitative estimate of drug-likeness (QED) is 0.700. The molecule has 3 heteroatoms. The van der Waals surface area contributed by atoms with Gasteiger partial charge in [-0.2, -0.15) is 0 Å². The Morgan fingerprint density at radius 2 is 2.07 bits per heavy atom. The van der Waals surface area contributed by atoms with Crippen molar-refractivity contribution in [1.82, 2.24) is 4.90 Å². The van der Waals surface area contributed by atoms with E-state index in [1.54, 1.807) is 4.90 Å². The maximum absolute atomic E-state index is 12.1. The lowest BCUT2D eigenvalue weighted by atomic mass is 9.98. The fourth-order valence-electron chi connectivity index (χ4n) is 2.64. The topological polar surface area (TPSA) is 32.7 Å². The van der Waals surface area contributed by atoms with Crippen LogP contribution in [0.4, 0.5) is 0 Å². The van der Waals surface area contributed by atoms with Gasteiger partial charge in [-0.25, -0.2) is 0 Å². The maximum Gasteiger partial charge on any atom is 0.255 e. The molecule has 1 amide bonds. The predicted molar refractivity (Wildman–Crippen MR) is 60.9 cm³/mol. The number of carbonyl (C=O) groups excluding carboxylic acids is 1. The first kappa shape index (κ1) is 10.7. The Morgan fingerprint density at radius 1 is 1.40 bits per heavy atom. The molecule has 0 atom stereocenters. The molecule has 2 rings (SSSR count). The monoisotopic (exact) mass is 208 g/mol. The Labute approximate surface area is 91.6 Å². The summed E-state index contributed by atoms with van der Waals surface area (Å²) in [5.41, 5.74) is -0.335. The van der Waals surface area contributed by atoms with Gasteiger partial charge >= 0.3 is 0 Å². The Bertz CT molecular complexity index is 290. The summed E-state index contributed by atoms with van der Waals surface area (Å²) in [7, 11) is 1.88. The Hall–Kier alpha value is -0.860. The number of amides is 1. The summed E-state index contributed by atoms with van der Waals surface area (Å²) < 4.78 is 0. The van der Waals surface area contributed by atoms with Crippen molar-refractivity contribution in [2.75, 3.05) is 7.05 Å². The fourth-order valence-corrected chi connectivity index (χ4v) is 2.64. The number of aliphatic imine (C=N–C) groups is 1. The van der Waals surface area contributed by atoms with Crippen LogP contribution in [-0.4, -0.2) is 29.2 Å². The molecule has 0 bridgehead atoms. The van der Waals surface area contributed by atoms with E-state index in [1.807, 2.05) is 7.05 Å². The van der Waals surface area contributed by atoms with Gasteiger partial charge in [0.1, 0.15) is 11.4 Å². The van der Waals surface area contributed by atoms with E-state index in [-0.39, 0.29) is 11.4 Å². The first-order valence-electron chi connectivity index (χ1n) is 6.06. The van der Waals surface area contributed by atoms with Crippen molar-refractivity contribution >= 4 is 11.7 Å². The highest BCUT2D eigenvalue weighted by molar-refractivity contribution is 6.08. The number of rotatable bonds is 3. The molecule has 0 radical (unpaired) electrons. The minimum atomic E-state index is -0.335. The van der Waals surface area contributed by atoms with Crippen LogP contribution in [0.25, 0.3) is 0 Å². The average Bonchev–Trinajstić information content (AvgIpc) is 2.79. The van der Waals surface area contributed by atoms with E-state index in [4.69, 9.17) is 4.99 Å². The maximum atomic E-state index is 12.1. The van der Waals surface area contributed by atoms with Gasteiger partial charge in [0.05, 0.1) is 0 Å². The molecule has 0 N–H and O–H groups in total. The second kappa shape index (κ2) is 3.95. The second-order valence-electron chi connectivity index (χ2n) is 4.73. The molecule has 0 saturated heterocycles. The molecular formula is C12H20N2O. The molecule has 84 valence electrons. The van der Waals surface area contributed by atoms with Crippen LogP contribution in [0.3, 0.4) is 0 Å². The van der Waals surface area contributed by atoms with Gasteiger partial charge in [0.15, 0.2) is 0 Å². The number of likely N-dealkylation sites (N-methyl/N-ethyl adjacent to an activating group) is 1. The lowest BCUT2D eigenvalue weighted by molar-refractivity contribution is -0.130. The van der Waals surface area contributed by atoms with Gasteiger partial charge < -0.3 is 4.90 Å². The highest BCUT2D eigenvalue weighted by Gasteiger charge is 2.47. The smallest absolute Gasteiger partial charge is 0.255 e. The molecule has 1 heterocycles. The van der Waals surface area contributed by atoms with Crippen molar-refractivity contribution in [2.24, 2.45) is 4.99 Å². The second-order valence-corrected chi connectivity index (χ2v) is 4.73. The molecule has 0 aromatic carbocycles. The minimum absolute atomic E-state index is 0.242. The van der Waals surface area contributed by atoms with E-state index in [9.17, 15) is 4.79 Å². The predicted octanol–water partition coefficient (Wildman–Crippen LogP) is 2.36. The van der Waals surface area contributed by atoms with Crippen LogP contribution < -0.4 is 0 Å². The lowest BCUT2D eigenvalue weighted by Crippen LogP contribution is -2.38. The van der Waals surface area contributed by atoms with Crippen molar-refractivity contribution < 1.29 is 4.79 Å². The van der Waals surface area contributed by atoms with Crippen LogP contribution in [0.1, 0.15) is 51.9 Å². The molecule has 0 unspecified atom stereocenters. The summed E-state index contributed by atoms with van der Waals surface area (Å²) >= 11 is 0. The van der Waals surface area contributed by atoms with Crippen LogP contribution in [0.2, 0.25) is 0 Å². The van der Waals surface area contributed by atoms with E-state index < -0.39 is 0 Å². The van der Waals surface area contributed by atoms with E-state index in [1.165, 1.54) is 0 Å². The standard InChI is InChI=1S/C12H20N2O/c1-3-4-7-10-13-12(8-5-6-9-12)11(15)14(10)2/h3-9H2,1-2H3. The molecule has 15 heavy (non-hydrogen) atoms. The van der Waals surface area contributed by atoms with Crippen molar-refractivity contribution in [2.45, 2.75) is 57.4 Å². The normalized spacial score (nSPS) is 24.0. The number of amidine groups is 1. The summed E-state index contributed by atoms with van der Waals surface area (Å²) in [6.45, 7) is 2.17. The molecule has 1 saturated carbocycles. The third-order valence-electron chi connectivity index (χ3n) is 3.62. The van der Waals surface area contributed by atoms with Crippen molar-refractivity contribution in [3.05, 3.63) is 0 Å². The zero-order chi connectivity index (χ0) is 10.9. The van der Waals surface area contributed by atoms with E-state index >= 15 is 0 Å².